The predicted octanol–water partition coefficient (Wildman–Crippen LogP) is 0.449. The van der Waals surface area contributed by atoms with E-state index in [0.29, 0.717) is 11.9 Å². The Labute approximate surface area is 94.0 Å². The summed E-state index contributed by atoms with van der Waals surface area (Å²) in [5.74, 6) is 1.21. The number of carbonyl (C=O) groups excluding carboxylic acids is 1. The highest BCUT2D eigenvalue weighted by Gasteiger charge is 2.32. The standard InChI is InChI=1S/C10H17NO3S/c12-6-8-5-11(9(13)7-14-8)10-3-1-2-4-15-10/h8,10,12H,1-7H2. The van der Waals surface area contributed by atoms with Gasteiger partial charge in [0.2, 0.25) is 5.91 Å². The average molecular weight is 231 g/mol. The second kappa shape index (κ2) is 5.18. The van der Waals surface area contributed by atoms with Crippen LogP contribution in [0, 0.1) is 0 Å². The number of morpholine rings is 1. The van der Waals surface area contributed by atoms with Crippen LogP contribution in [0.3, 0.4) is 0 Å². The first-order valence-electron chi connectivity index (χ1n) is 5.45. The second-order valence-corrected chi connectivity index (χ2v) is 5.27. The van der Waals surface area contributed by atoms with Crippen LogP contribution in [0.25, 0.3) is 0 Å². The molecule has 0 aromatic heterocycles. The van der Waals surface area contributed by atoms with E-state index in [9.17, 15) is 4.79 Å². The van der Waals surface area contributed by atoms with Crippen molar-refractivity contribution < 1.29 is 14.6 Å². The summed E-state index contributed by atoms with van der Waals surface area (Å²) in [6.45, 7) is 0.677. The van der Waals surface area contributed by atoms with Gasteiger partial charge in [0.05, 0.1) is 24.6 Å². The third kappa shape index (κ3) is 2.65. The van der Waals surface area contributed by atoms with Gasteiger partial charge in [-0.25, -0.2) is 0 Å². The molecule has 2 heterocycles. The van der Waals surface area contributed by atoms with Crippen molar-refractivity contribution in [1.82, 2.24) is 4.90 Å². The van der Waals surface area contributed by atoms with E-state index in [2.05, 4.69) is 0 Å². The molecule has 0 aromatic rings. The van der Waals surface area contributed by atoms with Gasteiger partial charge in [-0.2, -0.15) is 0 Å². The average Bonchev–Trinajstić information content (AvgIpc) is 2.31. The first-order valence-corrected chi connectivity index (χ1v) is 6.49. The number of thioether (sulfide) groups is 1. The lowest BCUT2D eigenvalue weighted by Crippen LogP contribution is -2.51. The molecule has 1 amide bonds. The van der Waals surface area contributed by atoms with Gasteiger partial charge in [-0.3, -0.25) is 4.79 Å². The van der Waals surface area contributed by atoms with E-state index in [1.165, 1.54) is 12.8 Å². The summed E-state index contributed by atoms with van der Waals surface area (Å²) in [5, 5.41) is 9.33. The summed E-state index contributed by atoms with van der Waals surface area (Å²) in [6, 6.07) is 0. The number of aliphatic hydroxyl groups excluding tert-OH is 1. The number of aliphatic hydroxyl groups is 1. The van der Waals surface area contributed by atoms with Crippen molar-refractivity contribution in [3.63, 3.8) is 0 Å². The molecule has 0 radical (unpaired) electrons. The molecule has 1 N–H and O–H groups in total. The molecule has 2 saturated heterocycles. The smallest absolute Gasteiger partial charge is 0.249 e. The highest BCUT2D eigenvalue weighted by atomic mass is 32.2. The summed E-state index contributed by atoms with van der Waals surface area (Å²) in [4.78, 5) is 13.5. The van der Waals surface area contributed by atoms with Gasteiger partial charge in [-0.15, -0.1) is 11.8 Å². The number of rotatable bonds is 2. The summed E-state index contributed by atoms with van der Waals surface area (Å²) in [5.41, 5.74) is 0. The number of hydrogen-bond donors (Lipinski definition) is 1. The number of hydrogen-bond acceptors (Lipinski definition) is 4. The SMILES string of the molecule is O=C1COC(CO)CN1C1CCCCS1. The fourth-order valence-corrected chi connectivity index (χ4v) is 3.36. The number of nitrogens with zero attached hydrogens (tertiary/aromatic N) is 1. The highest BCUT2D eigenvalue weighted by molar-refractivity contribution is 7.99. The van der Waals surface area contributed by atoms with E-state index < -0.39 is 0 Å². The van der Waals surface area contributed by atoms with Crippen LogP contribution in [0.15, 0.2) is 0 Å². The van der Waals surface area contributed by atoms with Crippen molar-refractivity contribution >= 4 is 17.7 Å². The molecule has 5 heteroatoms. The molecule has 4 nitrogen and oxygen atoms in total. The van der Waals surface area contributed by atoms with Crippen LogP contribution >= 0.6 is 11.8 Å². The Morgan fingerprint density at radius 1 is 1.53 bits per heavy atom. The van der Waals surface area contributed by atoms with Crippen LogP contribution in [-0.2, 0) is 9.53 Å². The quantitative estimate of drug-likeness (QED) is 0.749. The van der Waals surface area contributed by atoms with Gasteiger partial charge in [0.1, 0.15) is 6.61 Å². The lowest BCUT2D eigenvalue weighted by molar-refractivity contribution is -0.152. The predicted molar refractivity (Wildman–Crippen MR) is 58.6 cm³/mol. The number of carbonyl (C=O) groups is 1. The molecule has 2 atom stereocenters. The van der Waals surface area contributed by atoms with E-state index in [0.717, 1.165) is 12.2 Å². The Hall–Kier alpha value is -0.260. The molecule has 0 spiro atoms. The fourth-order valence-electron chi connectivity index (χ4n) is 2.00. The summed E-state index contributed by atoms with van der Waals surface area (Å²) < 4.78 is 5.21. The van der Waals surface area contributed by atoms with Crippen LogP contribution in [0.2, 0.25) is 0 Å². The maximum Gasteiger partial charge on any atom is 0.249 e. The molecular weight excluding hydrogens is 214 g/mol. The zero-order chi connectivity index (χ0) is 10.7. The van der Waals surface area contributed by atoms with Gasteiger partial charge >= 0.3 is 0 Å². The normalized spacial score (nSPS) is 33.1. The number of ether oxygens (including phenoxy) is 1. The van der Waals surface area contributed by atoms with Crippen LogP contribution < -0.4 is 0 Å². The largest absolute Gasteiger partial charge is 0.394 e. The van der Waals surface area contributed by atoms with Crippen LogP contribution in [0.4, 0.5) is 0 Å². The summed E-state index contributed by atoms with van der Waals surface area (Å²) in [6.07, 6.45) is 3.34. The van der Waals surface area contributed by atoms with E-state index in [1.807, 2.05) is 16.7 Å². The molecule has 2 unspecified atom stereocenters. The molecular formula is C10H17NO3S. The molecule has 0 aliphatic carbocycles. The van der Waals surface area contributed by atoms with E-state index in [1.54, 1.807) is 0 Å². The van der Waals surface area contributed by atoms with Gasteiger partial charge < -0.3 is 14.7 Å². The van der Waals surface area contributed by atoms with Crippen LogP contribution in [0.5, 0.6) is 0 Å². The molecule has 0 aromatic carbocycles. The molecule has 0 bridgehead atoms. The van der Waals surface area contributed by atoms with Gasteiger partial charge in [-0.1, -0.05) is 0 Å². The van der Waals surface area contributed by atoms with Crippen LogP contribution in [0.1, 0.15) is 19.3 Å². The van der Waals surface area contributed by atoms with E-state index in [4.69, 9.17) is 9.84 Å². The zero-order valence-corrected chi connectivity index (χ0v) is 9.54. The summed E-state index contributed by atoms with van der Waals surface area (Å²) in [7, 11) is 0. The Balaban J connectivity index is 1.95. The zero-order valence-electron chi connectivity index (χ0n) is 8.72. The van der Waals surface area contributed by atoms with E-state index in [-0.39, 0.29) is 25.2 Å². The van der Waals surface area contributed by atoms with Crippen molar-refractivity contribution in [3.05, 3.63) is 0 Å². The van der Waals surface area contributed by atoms with Crippen molar-refractivity contribution in [1.29, 1.82) is 0 Å². The lowest BCUT2D eigenvalue weighted by atomic mass is 10.2. The Bertz CT molecular complexity index is 231. The Morgan fingerprint density at radius 3 is 3.07 bits per heavy atom. The maximum absolute atomic E-state index is 11.7. The first-order chi connectivity index (χ1) is 7.31. The summed E-state index contributed by atoms with van der Waals surface area (Å²) >= 11 is 1.85. The molecule has 2 aliphatic rings. The molecule has 2 fully saturated rings. The third-order valence-corrected chi connectivity index (χ3v) is 4.27. The third-order valence-electron chi connectivity index (χ3n) is 2.87. The van der Waals surface area contributed by atoms with Crippen molar-refractivity contribution in [3.8, 4) is 0 Å². The van der Waals surface area contributed by atoms with Gasteiger partial charge in [-0.05, 0) is 25.0 Å². The number of amides is 1. The molecule has 2 aliphatic heterocycles. The topological polar surface area (TPSA) is 49.8 Å². The lowest BCUT2D eigenvalue weighted by Gasteiger charge is -2.38. The molecule has 0 saturated carbocycles. The molecule has 86 valence electrons. The molecule has 15 heavy (non-hydrogen) atoms. The maximum atomic E-state index is 11.7. The fraction of sp³-hybridized carbons (Fsp3) is 0.900. The van der Waals surface area contributed by atoms with Gasteiger partial charge in [0, 0.05) is 0 Å². The minimum absolute atomic E-state index is 0.00116. The van der Waals surface area contributed by atoms with Crippen LogP contribution in [-0.4, -0.2) is 52.9 Å². The monoisotopic (exact) mass is 231 g/mol. The van der Waals surface area contributed by atoms with Crippen molar-refractivity contribution in [2.45, 2.75) is 30.7 Å². The Morgan fingerprint density at radius 2 is 2.40 bits per heavy atom. The Kier molecular flexibility index (Phi) is 3.88. The minimum atomic E-state index is -0.190. The van der Waals surface area contributed by atoms with Gasteiger partial charge in [0.15, 0.2) is 0 Å². The van der Waals surface area contributed by atoms with Crippen molar-refractivity contribution in [2.24, 2.45) is 0 Å². The van der Waals surface area contributed by atoms with Crippen molar-refractivity contribution in [2.75, 3.05) is 25.5 Å². The highest BCUT2D eigenvalue weighted by Crippen LogP contribution is 2.29. The van der Waals surface area contributed by atoms with E-state index >= 15 is 0 Å². The first kappa shape index (κ1) is 11.2. The second-order valence-electron chi connectivity index (χ2n) is 3.98. The molecule has 2 rings (SSSR count). The van der Waals surface area contributed by atoms with Gasteiger partial charge in [0.25, 0.3) is 0 Å². The minimum Gasteiger partial charge on any atom is -0.394 e.